The number of hydrogen-bond donors (Lipinski definition) is 0. The lowest BCUT2D eigenvalue weighted by molar-refractivity contribution is 0.676. The highest BCUT2D eigenvalue weighted by Crippen LogP contribution is 2.34. The highest BCUT2D eigenvalue weighted by Gasteiger charge is 2.21. The molecule has 0 amide bonds. The summed E-state index contributed by atoms with van der Waals surface area (Å²) in [6.45, 7) is 0. The van der Waals surface area contributed by atoms with Gasteiger partial charge in [-0.05, 0) is 47.0 Å². The van der Waals surface area contributed by atoms with E-state index in [0.717, 1.165) is 16.0 Å². The maximum atomic E-state index is 6.25. The van der Waals surface area contributed by atoms with E-state index in [2.05, 4.69) is 26.0 Å². The summed E-state index contributed by atoms with van der Waals surface area (Å²) in [6.07, 6.45) is 6.79. The molecule has 0 radical (unpaired) electrons. The lowest BCUT2D eigenvalue weighted by Crippen LogP contribution is -2.01. The van der Waals surface area contributed by atoms with E-state index >= 15 is 0 Å². The van der Waals surface area contributed by atoms with Crippen molar-refractivity contribution in [3.8, 4) is 5.82 Å². The number of halogens is 2. The lowest BCUT2D eigenvalue weighted by atomic mass is 10.1. The van der Waals surface area contributed by atoms with Crippen LogP contribution in [0.3, 0.4) is 0 Å². The Bertz CT molecular complexity index is 544. The van der Waals surface area contributed by atoms with Gasteiger partial charge in [0.15, 0.2) is 5.82 Å². The van der Waals surface area contributed by atoms with E-state index in [-0.39, 0.29) is 0 Å². The van der Waals surface area contributed by atoms with Crippen LogP contribution in [0.1, 0.15) is 37.3 Å². The van der Waals surface area contributed by atoms with Crippen LogP contribution in [-0.2, 0) is 0 Å². The molecule has 3 nitrogen and oxygen atoms in total. The molecule has 2 aromatic rings. The molecule has 2 heterocycles. The maximum absolute atomic E-state index is 6.25. The fourth-order valence-electron chi connectivity index (χ4n) is 2.45. The molecule has 2 aromatic heterocycles. The molecule has 0 saturated heterocycles. The fraction of sp³-hybridized carbons (Fsp3) is 0.385. The van der Waals surface area contributed by atoms with Gasteiger partial charge in [0.25, 0.3) is 0 Å². The van der Waals surface area contributed by atoms with E-state index < -0.39 is 0 Å². The van der Waals surface area contributed by atoms with Crippen molar-refractivity contribution in [3.63, 3.8) is 0 Å². The molecule has 0 atom stereocenters. The van der Waals surface area contributed by atoms with Gasteiger partial charge in [-0.25, -0.2) is 9.67 Å². The number of nitrogens with zero attached hydrogens (tertiary/aromatic N) is 3. The summed E-state index contributed by atoms with van der Waals surface area (Å²) < 4.78 is 2.66. The van der Waals surface area contributed by atoms with Gasteiger partial charge < -0.3 is 0 Å². The Balaban J connectivity index is 1.94. The topological polar surface area (TPSA) is 30.7 Å². The standard InChI is InChI=1S/C13H13BrClN3/c14-10-5-6-13(16-8-10)18-12(15)7-11(17-18)9-3-1-2-4-9/h5-9H,1-4H2. The third-order valence-electron chi connectivity index (χ3n) is 3.39. The van der Waals surface area contributed by atoms with Gasteiger partial charge in [0, 0.05) is 16.6 Å². The van der Waals surface area contributed by atoms with Crippen LogP contribution in [0.4, 0.5) is 0 Å². The van der Waals surface area contributed by atoms with Crippen LogP contribution < -0.4 is 0 Å². The Morgan fingerprint density at radius 1 is 1.28 bits per heavy atom. The number of rotatable bonds is 2. The minimum Gasteiger partial charge on any atom is -0.236 e. The summed E-state index contributed by atoms with van der Waals surface area (Å²) >= 11 is 9.62. The maximum Gasteiger partial charge on any atom is 0.155 e. The summed E-state index contributed by atoms with van der Waals surface area (Å²) in [5.41, 5.74) is 1.10. The Hall–Kier alpha value is -0.870. The normalized spacial score (nSPS) is 16.3. The molecule has 0 N–H and O–H groups in total. The second-order valence-electron chi connectivity index (χ2n) is 4.62. The first-order valence-corrected chi connectivity index (χ1v) is 7.28. The second kappa shape index (κ2) is 5.02. The van der Waals surface area contributed by atoms with Crippen LogP contribution in [0.15, 0.2) is 28.9 Å². The molecule has 1 aliphatic carbocycles. The van der Waals surface area contributed by atoms with Gasteiger partial charge in [0.1, 0.15) is 5.15 Å². The summed E-state index contributed by atoms with van der Waals surface area (Å²) in [6, 6.07) is 5.82. The average Bonchev–Trinajstić information content (AvgIpc) is 2.99. The van der Waals surface area contributed by atoms with Gasteiger partial charge in [-0.15, -0.1) is 0 Å². The van der Waals surface area contributed by atoms with Crippen LogP contribution >= 0.6 is 27.5 Å². The molecule has 94 valence electrons. The Kier molecular flexibility index (Phi) is 3.39. The van der Waals surface area contributed by atoms with Crippen molar-refractivity contribution >= 4 is 27.5 Å². The quantitative estimate of drug-likeness (QED) is 0.822. The van der Waals surface area contributed by atoms with Crippen molar-refractivity contribution < 1.29 is 0 Å². The summed E-state index contributed by atoms with van der Waals surface area (Å²) in [4.78, 5) is 4.32. The summed E-state index contributed by atoms with van der Waals surface area (Å²) in [7, 11) is 0. The minimum atomic E-state index is 0.569. The van der Waals surface area contributed by atoms with Crippen molar-refractivity contribution in [3.05, 3.63) is 39.7 Å². The highest BCUT2D eigenvalue weighted by molar-refractivity contribution is 9.10. The first kappa shape index (κ1) is 12.2. The van der Waals surface area contributed by atoms with Gasteiger partial charge >= 0.3 is 0 Å². The fourth-order valence-corrected chi connectivity index (χ4v) is 2.92. The molecule has 0 aliphatic heterocycles. The van der Waals surface area contributed by atoms with Gasteiger partial charge in [-0.2, -0.15) is 5.10 Å². The molecule has 0 aromatic carbocycles. The lowest BCUT2D eigenvalue weighted by Gasteiger charge is -2.04. The zero-order chi connectivity index (χ0) is 12.5. The van der Waals surface area contributed by atoms with Gasteiger partial charge in [0.2, 0.25) is 0 Å². The van der Waals surface area contributed by atoms with Crippen molar-refractivity contribution in [2.75, 3.05) is 0 Å². The second-order valence-corrected chi connectivity index (χ2v) is 5.92. The van der Waals surface area contributed by atoms with Crippen LogP contribution in [0, 0.1) is 0 Å². The molecular weight excluding hydrogens is 314 g/mol. The number of hydrogen-bond acceptors (Lipinski definition) is 2. The largest absolute Gasteiger partial charge is 0.236 e. The monoisotopic (exact) mass is 325 g/mol. The average molecular weight is 327 g/mol. The molecule has 1 aliphatic rings. The van der Waals surface area contributed by atoms with Gasteiger partial charge in [-0.3, -0.25) is 0 Å². The first-order valence-electron chi connectivity index (χ1n) is 6.11. The van der Waals surface area contributed by atoms with Crippen LogP contribution in [0.2, 0.25) is 5.15 Å². The Morgan fingerprint density at radius 3 is 2.72 bits per heavy atom. The Morgan fingerprint density at radius 2 is 2.06 bits per heavy atom. The molecular formula is C13H13BrClN3. The van der Waals surface area contributed by atoms with Crippen molar-refractivity contribution in [2.45, 2.75) is 31.6 Å². The van der Waals surface area contributed by atoms with E-state index in [9.17, 15) is 0 Å². The zero-order valence-electron chi connectivity index (χ0n) is 9.81. The van der Waals surface area contributed by atoms with E-state index in [4.69, 9.17) is 11.6 Å². The number of pyridine rings is 1. The summed E-state index contributed by atoms with van der Waals surface area (Å²) in [5, 5.41) is 5.23. The molecule has 0 bridgehead atoms. The van der Waals surface area contributed by atoms with Crippen LogP contribution in [-0.4, -0.2) is 14.8 Å². The predicted molar refractivity (Wildman–Crippen MR) is 75.3 cm³/mol. The van der Waals surface area contributed by atoms with E-state index in [1.165, 1.54) is 25.7 Å². The minimum absolute atomic E-state index is 0.569. The van der Waals surface area contributed by atoms with E-state index in [1.807, 2.05) is 18.2 Å². The molecule has 3 rings (SSSR count). The van der Waals surface area contributed by atoms with Crippen molar-refractivity contribution in [1.82, 2.24) is 14.8 Å². The predicted octanol–water partition coefficient (Wildman–Crippen LogP) is 4.34. The van der Waals surface area contributed by atoms with Gasteiger partial charge in [0.05, 0.1) is 5.69 Å². The van der Waals surface area contributed by atoms with Crippen LogP contribution in [0.25, 0.3) is 5.82 Å². The molecule has 0 spiro atoms. The third kappa shape index (κ3) is 2.31. The third-order valence-corrected chi connectivity index (χ3v) is 4.13. The molecule has 5 heteroatoms. The first-order chi connectivity index (χ1) is 8.74. The number of aromatic nitrogens is 3. The van der Waals surface area contributed by atoms with E-state index in [1.54, 1.807) is 10.9 Å². The molecule has 18 heavy (non-hydrogen) atoms. The van der Waals surface area contributed by atoms with Gasteiger partial charge in [-0.1, -0.05) is 24.4 Å². The smallest absolute Gasteiger partial charge is 0.155 e. The highest BCUT2D eigenvalue weighted by atomic mass is 79.9. The molecule has 1 saturated carbocycles. The Labute approximate surface area is 119 Å². The summed E-state index contributed by atoms with van der Waals surface area (Å²) in [5.74, 6) is 1.33. The molecule has 0 unspecified atom stereocenters. The van der Waals surface area contributed by atoms with Crippen LogP contribution in [0.5, 0.6) is 0 Å². The van der Waals surface area contributed by atoms with E-state index in [0.29, 0.717) is 11.1 Å². The molecule has 1 fully saturated rings. The SMILES string of the molecule is Clc1cc(C2CCCC2)nn1-c1ccc(Br)cn1. The van der Waals surface area contributed by atoms with Crippen molar-refractivity contribution in [2.24, 2.45) is 0 Å². The zero-order valence-corrected chi connectivity index (χ0v) is 12.2. The van der Waals surface area contributed by atoms with Crippen molar-refractivity contribution in [1.29, 1.82) is 0 Å².